The predicted octanol–water partition coefficient (Wildman–Crippen LogP) is 2.53. The molecule has 1 amide bonds. The van der Waals surface area contributed by atoms with Crippen molar-refractivity contribution in [3.8, 4) is 11.3 Å². The van der Waals surface area contributed by atoms with Crippen LogP contribution < -0.4 is 10.6 Å². The third-order valence-electron chi connectivity index (χ3n) is 5.46. The van der Waals surface area contributed by atoms with E-state index in [1.54, 1.807) is 10.7 Å². The van der Waals surface area contributed by atoms with E-state index in [0.29, 0.717) is 12.4 Å². The first kappa shape index (κ1) is 17.6. The Labute approximate surface area is 167 Å². The number of carbonyl (C=O) groups is 1. The van der Waals surface area contributed by atoms with Crippen LogP contribution in [0.2, 0.25) is 0 Å². The maximum atomic E-state index is 11.6. The molecular weight excluding hydrogens is 368 g/mol. The lowest BCUT2D eigenvalue weighted by Crippen LogP contribution is -2.59. The molecule has 3 N–H and O–H groups in total. The lowest BCUT2D eigenvalue weighted by molar-refractivity contribution is -0.123. The third-order valence-corrected chi connectivity index (χ3v) is 5.46. The maximum Gasteiger partial charge on any atom is 0.224 e. The standard InChI is InChI=1S/C20H22N8O/c1-3-17(29)27-20(2)8-12(9-20)24-19-22-11-14-13(10-21-18(14)26-19)15-5-7-28-16(25-15)4-6-23-28/h4-7,10-12H,3,8-9H2,1-2H3,(H,27,29)(H2,21,22,24,26). The number of nitrogens with zero attached hydrogens (tertiary/aromatic N) is 5. The van der Waals surface area contributed by atoms with E-state index in [1.807, 2.05) is 37.6 Å². The van der Waals surface area contributed by atoms with Gasteiger partial charge in [0.25, 0.3) is 0 Å². The van der Waals surface area contributed by atoms with Crippen molar-refractivity contribution >= 4 is 28.5 Å². The zero-order valence-corrected chi connectivity index (χ0v) is 16.3. The summed E-state index contributed by atoms with van der Waals surface area (Å²) in [6.45, 7) is 3.94. The molecule has 9 nitrogen and oxygen atoms in total. The molecule has 1 aliphatic rings. The molecule has 0 radical (unpaired) electrons. The van der Waals surface area contributed by atoms with Crippen LogP contribution >= 0.6 is 0 Å². The van der Waals surface area contributed by atoms with Gasteiger partial charge < -0.3 is 15.6 Å². The number of rotatable bonds is 5. The molecule has 0 saturated heterocycles. The van der Waals surface area contributed by atoms with Crippen molar-refractivity contribution < 1.29 is 4.79 Å². The zero-order valence-electron chi connectivity index (χ0n) is 16.3. The van der Waals surface area contributed by atoms with Gasteiger partial charge in [-0.15, -0.1) is 0 Å². The van der Waals surface area contributed by atoms with Crippen LogP contribution in [0, 0.1) is 0 Å². The Morgan fingerprint density at radius 2 is 2.21 bits per heavy atom. The van der Waals surface area contributed by atoms with Crippen LogP contribution in [-0.4, -0.2) is 47.0 Å². The van der Waals surface area contributed by atoms with Crippen LogP contribution in [0.1, 0.15) is 33.1 Å². The highest BCUT2D eigenvalue weighted by molar-refractivity contribution is 5.92. The average Bonchev–Trinajstić information content (AvgIpc) is 3.32. The van der Waals surface area contributed by atoms with Gasteiger partial charge in [-0.3, -0.25) is 4.79 Å². The summed E-state index contributed by atoms with van der Waals surface area (Å²) in [6.07, 6.45) is 9.54. The number of hydrogen-bond acceptors (Lipinski definition) is 6. The number of hydrogen-bond donors (Lipinski definition) is 3. The second kappa shape index (κ2) is 6.54. The summed E-state index contributed by atoms with van der Waals surface area (Å²) in [6, 6.07) is 4.04. The van der Waals surface area contributed by atoms with Gasteiger partial charge in [-0.05, 0) is 25.8 Å². The normalized spacial score (nSPS) is 21.2. The van der Waals surface area contributed by atoms with Crippen LogP contribution in [0.4, 0.5) is 5.95 Å². The Kier molecular flexibility index (Phi) is 3.97. The lowest BCUT2D eigenvalue weighted by atomic mass is 9.74. The predicted molar refractivity (Wildman–Crippen MR) is 109 cm³/mol. The molecular formula is C20H22N8O. The van der Waals surface area contributed by atoms with E-state index in [4.69, 9.17) is 0 Å². The molecule has 29 heavy (non-hydrogen) atoms. The largest absolute Gasteiger partial charge is 0.351 e. The summed E-state index contributed by atoms with van der Waals surface area (Å²) < 4.78 is 1.73. The first-order chi connectivity index (χ1) is 14.0. The molecule has 0 bridgehead atoms. The zero-order chi connectivity index (χ0) is 20.0. The quantitative estimate of drug-likeness (QED) is 0.483. The van der Waals surface area contributed by atoms with E-state index < -0.39 is 0 Å². The summed E-state index contributed by atoms with van der Waals surface area (Å²) in [5.41, 5.74) is 3.20. The second-order valence-corrected chi connectivity index (χ2v) is 7.82. The molecule has 0 aromatic carbocycles. The highest BCUT2D eigenvalue weighted by Crippen LogP contribution is 2.34. The molecule has 1 aliphatic carbocycles. The highest BCUT2D eigenvalue weighted by atomic mass is 16.1. The molecule has 0 unspecified atom stereocenters. The first-order valence-electron chi connectivity index (χ1n) is 9.75. The minimum absolute atomic E-state index is 0.0882. The van der Waals surface area contributed by atoms with Gasteiger partial charge in [0.1, 0.15) is 5.65 Å². The van der Waals surface area contributed by atoms with Crippen molar-refractivity contribution in [1.29, 1.82) is 0 Å². The minimum atomic E-state index is -0.146. The first-order valence-corrected chi connectivity index (χ1v) is 9.75. The number of fused-ring (bicyclic) bond motifs is 2. The molecule has 4 aromatic rings. The van der Waals surface area contributed by atoms with Crippen LogP contribution in [0.3, 0.4) is 0 Å². The van der Waals surface area contributed by atoms with E-state index >= 15 is 0 Å². The molecule has 0 atom stereocenters. The fourth-order valence-corrected chi connectivity index (χ4v) is 3.99. The van der Waals surface area contributed by atoms with Gasteiger partial charge >= 0.3 is 0 Å². The van der Waals surface area contributed by atoms with Crippen molar-refractivity contribution in [2.45, 2.75) is 44.7 Å². The molecule has 4 aromatic heterocycles. The van der Waals surface area contributed by atoms with E-state index in [-0.39, 0.29) is 17.5 Å². The molecule has 5 rings (SSSR count). The number of H-pyrrole nitrogens is 1. The van der Waals surface area contributed by atoms with Gasteiger partial charge in [-0.2, -0.15) is 10.1 Å². The monoisotopic (exact) mass is 390 g/mol. The molecule has 0 spiro atoms. The Bertz CT molecular complexity index is 1200. The Morgan fingerprint density at radius 1 is 1.34 bits per heavy atom. The molecule has 1 saturated carbocycles. The third kappa shape index (κ3) is 3.18. The smallest absolute Gasteiger partial charge is 0.224 e. The summed E-state index contributed by atoms with van der Waals surface area (Å²) in [5.74, 6) is 0.671. The molecule has 0 aliphatic heterocycles. The van der Waals surface area contributed by atoms with Crippen LogP contribution in [0.5, 0.6) is 0 Å². The number of nitrogens with one attached hydrogen (secondary N) is 3. The van der Waals surface area contributed by atoms with Crippen molar-refractivity contribution in [3.05, 3.63) is 36.9 Å². The average molecular weight is 390 g/mol. The number of aromatic nitrogens is 6. The van der Waals surface area contributed by atoms with Crippen molar-refractivity contribution in [2.24, 2.45) is 0 Å². The van der Waals surface area contributed by atoms with Crippen LogP contribution in [0.25, 0.3) is 27.9 Å². The van der Waals surface area contributed by atoms with Gasteiger partial charge in [0, 0.05) is 53.6 Å². The fourth-order valence-electron chi connectivity index (χ4n) is 3.99. The van der Waals surface area contributed by atoms with Gasteiger partial charge in [-0.25, -0.2) is 14.5 Å². The molecule has 148 valence electrons. The Hall–Kier alpha value is -3.49. The fraction of sp³-hybridized carbons (Fsp3) is 0.350. The molecule has 1 fully saturated rings. The Morgan fingerprint density at radius 3 is 3.03 bits per heavy atom. The lowest BCUT2D eigenvalue weighted by Gasteiger charge is -2.45. The van der Waals surface area contributed by atoms with E-state index in [9.17, 15) is 4.79 Å². The molecule has 4 heterocycles. The van der Waals surface area contributed by atoms with Crippen LogP contribution in [-0.2, 0) is 4.79 Å². The van der Waals surface area contributed by atoms with Crippen molar-refractivity contribution in [2.75, 3.05) is 5.32 Å². The number of carbonyl (C=O) groups excluding carboxylic acids is 1. The van der Waals surface area contributed by atoms with E-state index in [0.717, 1.165) is 40.8 Å². The summed E-state index contributed by atoms with van der Waals surface area (Å²) in [7, 11) is 0. The van der Waals surface area contributed by atoms with Gasteiger partial charge in [0.05, 0.1) is 11.9 Å². The van der Waals surface area contributed by atoms with Crippen molar-refractivity contribution in [1.82, 2.24) is 34.9 Å². The van der Waals surface area contributed by atoms with Gasteiger partial charge in [-0.1, -0.05) is 6.92 Å². The number of anilines is 1. The van der Waals surface area contributed by atoms with E-state index in [1.165, 1.54) is 0 Å². The maximum absolute atomic E-state index is 11.6. The van der Waals surface area contributed by atoms with Gasteiger partial charge in [0.15, 0.2) is 5.65 Å². The topological polar surface area (TPSA) is 113 Å². The van der Waals surface area contributed by atoms with Crippen molar-refractivity contribution in [3.63, 3.8) is 0 Å². The van der Waals surface area contributed by atoms with Crippen LogP contribution in [0.15, 0.2) is 36.9 Å². The molecule has 9 heteroatoms. The minimum Gasteiger partial charge on any atom is -0.351 e. The number of aromatic amines is 1. The van der Waals surface area contributed by atoms with E-state index in [2.05, 4.69) is 42.6 Å². The van der Waals surface area contributed by atoms with Gasteiger partial charge in [0.2, 0.25) is 11.9 Å². The summed E-state index contributed by atoms with van der Waals surface area (Å²) in [4.78, 5) is 28.6. The highest BCUT2D eigenvalue weighted by Gasteiger charge is 2.41. The second-order valence-electron chi connectivity index (χ2n) is 7.82. The number of amides is 1. The summed E-state index contributed by atoms with van der Waals surface area (Å²) >= 11 is 0. The SMILES string of the molecule is CCC(=O)NC1(C)CC(Nc2ncc3c(-c4ccn5nccc5n4)c[nH]c3n2)C1. The summed E-state index contributed by atoms with van der Waals surface area (Å²) in [5, 5.41) is 11.5. The Balaban J connectivity index is 1.33.